The normalized spacial score (nSPS) is 17.7. The second kappa shape index (κ2) is 19.4. The van der Waals surface area contributed by atoms with Gasteiger partial charge in [-0.2, -0.15) is 13.2 Å². The van der Waals surface area contributed by atoms with E-state index in [-0.39, 0.29) is 35.4 Å². The molecule has 4 heterocycles. The molecule has 13 heteroatoms. The number of nitrogens with zero attached hydrogens (tertiary/aromatic N) is 6. The molecule has 334 valence electrons. The fourth-order valence-electron chi connectivity index (χ4n) is 9.69. The number of carbonyl (C=O) groups excluding carboxylic acids is 2. The number of nitrogens with one attached hydrogen (secondary N) is 2. The molecule has 6 aromatic rings. The Labute approximate surface area is 373 Å². The van der Waals surface area contributed by atoms with Gasteiger partial charge in [0.1, 0.15) is 35.1 Å². The summed E-state index contributed by atoms with van der Waals surface area (Å²) in [5.41, 5.74) is 4.54. The summed E-state index contributed by atoms with van der Waals surface area (Å²) in [5, 5.41) is 0. The number of hydrogen-bond acceptors (Lipinski definition) is 6. The van der Waals surface area contributed by atoms with Gasteiger partial charge in [-0.25, -0.2) is 9.97 Å². The van der Waals surface area contributed by atoms with Crippen molar-refractivity contribution in [1.82, 2.24) is 39.5 Å². The van der Waals surface area contributed by atoms with E-state index in [1.54, 1.807) is 29.2 Å². The molecule has 8 rings (SSSR count). The predicted octanol–water partition coefficient (Wildman–Crippen LogP) is 10.6. The predicted molar refractivity (Wildman–Crippen MR) is 244 cm³/mol. The van der Waals surface area contributed by atoms with Crippen molar-refractivity contribution >= 4 is 11.8 Å². The third-order valence-electron chi connectivity index (χ3n) is 13.0. The number of aromatic amines is 2. The van der Waals surface area contributed by atoms with Crippen molar-refractivity contribution in [1.29, 1.82) is 0 Å². The van der Waals surface area contributed by atoms with Crippen LogP contribution in [-0.2, 0) is 15.8 Å². The molecule has 0 saturated carbocycles. The van der Waals surface area contributed by atoms with E-state index in [4.69, 9.17) is 4.98 Å². The molecule has 0 radical (unpaired) electrons. The maximum atomic E-state index is 14.7. The molecule has 2 aliphatic heterocycles. The van der Waals surface area contributed by atoms with E-state index < -0.39 is 24.0 Å². The zero-order valence-corrected chi connectivity index (χ0v) is 37.0. The van der Waals surface area contributed by atoms with Crippen LogP contribution in [0.25, 0.3) is 33.6 Å². The molecule has 2 N–H and O–H groups in total. The summed E-state index contributed by atoms with van der Waals surface area (Å²) in [4.78, 5) is 52.0. The highest BCUT2D eigenvalue weighted by Crippen LogP contribution is 2.41. The van der Waals surface area contributed by atoms with Gasteiger partial charge in [0.2, 0.25) is 11.8 Å². The van der Waals surface area contributed by atoms with Crippen LogP contribution in [0.5, 0.6) is 0 Å². The quantitative estimate of drug-likeness (QED) is 0.107. The number of carbonyl (C=O) groups is 2. The fourth-order valence-corrected chi connectivity index (χ4v) is 9.69. The lowest BCUT2D eigenvalue weighted by molar-refractivity contribution is -0.140. The zero-order valence-electron chi connectivity index (χ0n) is 37.0. The van der Waals surface area contributed by atoms with Crippen LogP contribution in [0.2, 0.25) is 0 Å². The van der Waals surface area contributed by atoms with Gasteiger partial charge in [0.05, 0.1) is 24.0 Å². The summed E-state index contributed by atoms with van der Waals surface area (Å²) in [6.07, 6.45) is 0.00575. The van der Waals surface area contributed by atoms with Gasteiger partial charge in [-0.15, -0.1) is 0 Å². The monoisotopic (exact) mass is 870 g/mol. The first-order valence-electron chi connectivity index (χ1n) is 22.7. The Hall–Kier alpha value is -6.05. The molecule has 10 nitrogen and oxygen atoms in total. The van der Waals surface area contributed by atoms with Gasteiger partial charge >= 0.3 is 6.18 Å². The summed E-state index contributed by atoms with van der Waals surface area (Å²) >= 11 is 0. The molecular formula is C51H57F3N8O2. The number of aromatic nitrogens is 4. The summed E-state index contributed by atoms with van der Waals surface area (Å²) in [6.45, 7) is 12.1. The Balaban J connectivity index is 0.990. The third-order valence-corrected chi connectivity index (χ3v) is 13.0. The minimum absolute atomic E-state index is 0.0867. The number of halogens is 3. The second-order valence-electron chi connectivity index (χ2n) is 16.6. The van der Waals surface area contributed by atoms with E-state index >= 15 is 0 Å². The van der Waals surface area contributed by atoms with Gasteiger partial charge in [-0.05, 0) is 79.7 Å². The van der Waals surface area contributed by atoms with Gasteiger partial charge in [0, 0.05) is 18.7 Å². The molecule has 1 unspecified atom stereocenters. The van der Waals surface area contributed by atoms with E-state index in [2.05, 4.69) is 38.6 Å². The van der Waals surface area contributed by atoms with E-state index in [0.29, 0.717) is 44.6 Å². The number of alkyl halides is 3. The Kier molecular flexibility index (Phi) is 13.5. The molecule has 64 heavy (non-hydrogen) atoms. The molecule has 2 amide bonds. The van der Waals surface area contributed by atoms with Gasteiger partial charge in [0.15, 0.2) is 0 Å². The number of hydrogen-bond donors (Lipinski definition) is 2. The van der Waals surface area contributed by atoms with Crippen LogP contribution in [0.15, 0.2) is 115 Å². The minimum Gasteiger partial charge on any atom is -0.340 e. The third kappa shape index (κ3) is 9.01. The van der Waals surface area contributed by atoms with Crippen molar-refractivity contribution < 1.29 is 22.8 Å². The highest BCUT2D eigenvalue weighted by Gasteiger charge is 2.42. The van der Waals surface area contributed by atoms with Gasteiger partial charge in [0.25, 0.3) is 0 Å². The first-order valence-corrected chi connectivity index (χ1v) is 22.7. The number of likely N-dealkylation sites (N-methyl/N-ethyl adjacent to an activating group) is 2. The molecule has 0 aliphatic carbocycles. The van der Waals surface area contributed by atoms with Crippen molar-refractivity contribution in [2.45, 2.75) is 83.7 Å². The van der Waals surface area contributed by atoms with Crippen LogP contribution < -0.4 is 0 Å². The number of imidazole rings is 2. The smallest absolute Gasteiger partial charge is 0.340 e. The lowest BCUT2D eigenvalue weighted by atomic mass is 10.0. The van der Waals surface area contributed by atoms with Crippen molar-refractivity contribution in [3.63, 3.8) is 0 Å². The topological polar surface area (TPSA) is 104 Å². The van der Waals surface area contributed by atoms with E-state index in [9.17, 15) is 22.8 Å². The van der Waals surface area contributed by atoms with Crippen LogP contribution in [0.4, 0.5) is 13.2 Å². The molecule has 4 atom stereocenters. The average molecular weight is 871 g/mol. The van der Waals surface area contributed by atoms with Crippen LogP contribution in [0.1, 0.15) is 106 Å². The Morgan fingerprint density at radius 2 is 1.06 bits per heavy atom. The second-order valence-corrected chi connectivity index (χ2v) is 16.6. The number of amides is 2. The Morgan fingerprint density at radius 3 is 1.52 bits per heavy atom. The summed E-state index contributed by atoms with van der Waals surface area (Å²) in [6, 6.07) is 32.7. The number of H-pyrrole nitrogens is 2. The SMILES string of the molecule is CCN(CC)C(C(=O)N1CCC[C@H]1c1nc(-c2ccc(-c3ccc(-c4cnc([C@@H]5CCCN5C(=O)[C@@H](c5ccccc5)N(CC)CC)[nH]4)cc3)cc2)c(C(F)(F)F)[nH]1)c1ccccc1. The molecule has 2 saturated heterocycles. The number of benzene rings is 4. The molecular weight excluding hydrogens is 814 g/mol. The highest BCUT2D eigenvalue weighted by atomic mass is 19.4. The summed E-state index contributed by atoms with van der Waals surface area (Å²) < 4.78 is 44.0. The fraction of sp³-hybridized carbons (Fsp3) is 0.373. The largest absolute Gasteiger partial charge is 0.433 e. The lowest BCUT2D eigenvalue weighted by Gasteiger charge is -2.34. The van der Waals surface area contributed by atoms with Crippen LogP contribution in [-0.4, -0.2) is 90.6 Å². The van der Waals surface area contributed by atoms with Crippen molar-refractivity contribution in [2.75, 3.05) is 39.3 Å². The van der Waals surface area contributed by atoms with E-state index in [1.165, 1.54) is 0 Å². The molecule has 0 bridgehead atoms. The first-order chi connectivity index (χ1) is 31.0. The summed E-state index contributed by atoms with van der Waals surface area (Å²) in [5.74, 6) is 0.853. The Morgan fingerprint density at radius 1 is 0.625 bits per heavy atom. The Bertz CT molecular complexity index is 2480. The van der Waals surface area contributed by atoms with Gasteiger partial charge in [-0.1, -0.05) is 137 Å². The summed E-state index contributed by atoms with van der Waals surface area (Å²) in [7, 11) is 0. The van der Waals surface area contributed by atoms with Crippen LogP contribution in [0.3, 0.4) is 0 Å². The van der Waals surface area contributed by atoms with Crippen LogP contribution in [0, 0.1) is 0 Å². The number of likely N-dealkylation sites (tertiary alicyclic amines) is 2. The van der Waals surface area contributed by atoms with Gasteiger partial charge < -0.3 is 19.8 Å². The minimum atomic E-state index is -4.69. The van der Waals surface area contributed by atoms with Crippen molar-refractivity contribution in [3.05, 3.63) is 144 Å². The molecule has 2 aliphatic rings. The first kappa shape index (κ1) is 44.6. The highest BCUT2D eigenvalue weighted by molar-refractivity contribution is 5.85. The standard InChI is InChI=1S/C51H57F3N8O2/c1-5-59(6-2)44(38-17-11-9-12-18-38)49(63)61-31-15-21-41(61)47-55-33-40(56-47)36-27-23-34(24-28-36)35-25-29-37(30-26-35)43-46(51(52,53)54)58-48(57-43)42-22-16-32-62(42)50(64)45(60(7-3)8-4)39-19-13-10-14-20-39/h9-14,17-20,23-30,33,41-42,44-45H,5-8,15-16,21-22,31-32H2,1-4H3,(H,55,56)(H,57,58)/t41-,42-,44+,45?/m0/s1. The lowest BCUT2D eigenvalue weighted by Crippen LogP contribution is -2.43. The molecule has 0 spiro atoms. The molecule has 2 aromatic heterocycles. The maximum absolute atomic E-state index is 14.7. The van der Waals surface area contributed by atoms with Gasteiger partial charge in [-0.3, -0.25) is 19.4 Å². The number of rotatable bonds is 15. The van der Waals surface area contributed by atoms with Crippen molar-refractivity contribution in [3.8, 4) is 33.6 Å². The molecule has 4 aromatic carbocycles. The van der Waals surface area contributed by atoms with E-state index in [0.717, 1.165) is 65.3 Å². The molecule has 2 fully saturated rings. The maximum Gasteiger partial charge on any atom is 0.433 e. The van der Waals surface area contributed by atoms with Crippen molar-refractivity contribution in [2.24, 2.45) is 0 Å². The van der Waals surface area contributed by atoms with E-state index in [1.807, 2.05) is 110 Å². The zero-order chi connectivity index (χ0) is 45.0. The van der Waals surface area contributed by atoms with Crippen LogP contribution >= 0.6 is 0 Å². The average Bonchev–Trinajstić information content (AvgIpc) is 4.17.